The molecule has 2 rings (SSSR count). The number of carboxylic acid groups (broad SMARTS) is 1. The highest BCUT2D eigenvalue weighted by atomic mass is 35.5. The van der Waals surface area contributed by atoms with Gasteiger partial charge in [-0.2, -0.15) is 0 Å². The van der Waals surface area contributed by atoms with Crippen LogP contribution >= 0.6 is 23.2 Å². The number of aromatic nitrogens is 1. The second-order valence-electron chi connectivity index (χ2n) is 3.95. The van der Waals surface area contributed by atoms with Crippen LogP contribution in [0.15, 0.2) is 23.5 Å². The fraction of sp³-hybridized carbons (Fsp3) is 0.250. The van der Waals surface area contributed by atoms with Gasteiger partial charge >= 0.3 is 5.97 Å². The van der Waals surface area contributed by atoms with Gasteiger partial charge in [-0.15, -0.1) is 0 Å². The zero-order valence-electron chi connectivity index (χ0n) is 10.2. The van der Waals surface area contributed by atoms with Crippen molar-refractivity contribution in [1.29, 1.82) is 0 Å². The highest BCUT2D eigenvalue weighted by molar-refractivity contribution is 6.38. The van der Waals surface area contributed by atoms with E-state index in [1.165, 1.54) is 12.3 Å². The first kappa shape index (κ1) is 14.8. The molecule has 1 fully saturated rings. The van der Waals surface area contributed by atoms with Crippen molar-refractivity contribution >= 4 is 35.0 Å². The summed E-state index contributed by atoms with van der Waals surface area (Å²) >= 11 is 11.6. The molecule has 0 aliphatic carbocycles. The number of nitrogens with zero attached hydrogens (tertiary/aromatic N) is 1. The Bertz CT molecular complexity index is 593. The number of hydrogen-bond acceptors (Lipinski definition) is 5. The minimum absolute atomic E-state index is 0.00132. The molecule has 1 saturated heterocycles. The van der Waals surface area contributed by atoms with Gasteiger partial charge in [-0.25, -0.2) is 9.78 Å². The van der Waals surface area contributed by atoms with Crippen LogP contribution in [-0.2, 0) is 9.53 Å². The first-order valence-electron chi connectivity index (χ1n) is 5.64. The SMILES string of the molecule is O=C(O)/C(C(=O)c1ncc(Cl)cc1Cl)=C1\COCCN1. The van der Waals surface area contributed by atoms with Crippen LogP contribution in [0.1, 0.15) is 10.5 Å². The maximum Gasteiger partial charge on any atom is 0.341 e. The molecule has 0 bridgehead atoms. The molecule has 0 saturated carbocycles. The molecule has 6 nitrogen and oxygen atoms in total. The number of nitrogens with one attached hydrogen (secondary N) is 1. The Hall–Kier alpha value is -1.63. The Kier molecular flexibility index (Phi) is 4.59. The predicted octanol–water partition coefficient (Wildman–Crippen LogP) is 1.53. The van der Waals surface area contributed by atoms with Crippen molar-refractivity contribution in [2.45, 2.75) is 0 Å². The van der Waals surface area contributed by atoms with Crippen molar-refractivity contribution in [2.24, 2.45) is 0 Å². The zero-order chi connectivity index (χ0) is 14.7. The van der Waals surface area contributed by atoms with Crippen LogP contribution in [0, 0.1) is 0 Å². The minimum Gasteiger partial charge on any atom is -0.477 e. The summed E-state index contributed by atoms with van der Waals surface area (Å²) in [5.74, 6) is -2.15. The molecular weight excluding hydrogens is 307 g/mol. The van der Waals surface area contributed by atoms with Gasteiger partial charge in [0.05, 0.1) is 29.0 Å². The third kappa shape index (κ3) is 3.09. The van der Waals surface area contributed by atoms with Crippen LogP contribution in [-0.4, -0.2) is 41.6 Å². The Labute approximate surface area is 124 Å². The molecule has 0 amide bonds. The lowest BCUT2D eigenvalue weighted by Gasteiger charge is -2.19. The summed E-state index contributed by atoms with van der Waals surface area (Å²) in [6, 6.07) is 1.33. The summed E-state index contributed by atoms with van der Waals surface area (Å²) < 4.78 is 5.14. The van der Waals surface area contributed by atoms with Crippen molar-refractivity contribution in [3.05, 3.63) is 39.3 Å². The molecule has 0 radical (unpaired) electrons. The van der Waals surface area contributed by atoms with E-state index in [-0.39, 0.29) is 28.0 Å². The van der Waals surface area contributed by atoms with Gasteiger partial charge < -0.3 is 15.2 Å². The van der Waals surface area contributed by atoms with Crippen LogP contribution < -0.4 is 5.32 Å². The molecule has 2 N–H and O–H groups in total. The van der Waals surface area contributed by atoms with E-state index < -0.39 is 17.3 Å². The van der Waals surface area contributed by atoms with Crippen molar-refractivity contribution in [2.75, 3.05) is 19.8 Å². The van der Waals surface area contributed by atoms with Gasteiger partial charge in [-0.1, -0.05) is 23.2 Å². The summed E-state index contributed by atoms with van der Waals surface area (Å²) in [7, 11) is 0. The van der Waals surface area contributed by atoms with Crippen LogP contribution in [0.25, 0.3) is 0 Å². The molecular formula is C12H10Cl2N2O4. The Balaban J connectivity index is 2.44. The molecule has 0 spiro atoms. The predicted molar refractivity (Wildman–Crippen MR) is 72.1 cm³/mol. The molecule has 0 unspecified atom stereocenters. The van der Waals surface area contributed by atoms with Crippen LogP contribution in [0.2, 0.25) is 10.0 Å². The first-order valence-corrected chi connectivity index (χ1v) is 6.40. The van der Waals surface area contributed by atoms with Gasteiger partial charge in [0.1, 0.15) is 11.3 Å². The standard InChI is InChI=1S/C12H10Cl2N2O4/c13-6-3-7(14)10(16-4-6)11(17)9(12(18)19)8-5-20-2-1-15-8/h3-4,15H,1-2,5H2,(H,18,19)/b9-8+. The molecule has 0 aromatic carbocycles. The smallest absolute Gasteiger partial charge is 0.341 e. The van der Waals surface area contributed by atoms with E-state index in [9.17, 15) is 14.7 Å². The monoisotopic (exact) mass is 316 g/mol. The number of aliphatic carboxylic acids is 1. The fourth-order valence-electron chi connectivity index (χ4n) is 1.72. The van der Waals surface area contributed by atoms with Crippen molar-refractivity contribution < 1.29 is 19.4 Å². The second kappa shape index (κ2) is 6.21. The van der Waals surface area contributed by atoms with E-state index in [0.29, 0.717) is 13.2 Å². The number of carbonyl (C=O) groups is 2. The molecule has 1 aliphatic rings. The van der Waals surface area contributed by atoms with Crippen LogP contribution in [0.4, 0.5) is 0 Å². The van der Waals surface area contributed by atoms with E-state index in [1.807, 2.05) is 0 Å². The summed E-state index contributed by atoms with van der Waals surface area (Å²) in [5, 5.41) is 12.3. The summed E-state index contributed by atoms with van der Waals surface area (Å²) in [5.41, 5.74) is -0.378. The molecule has 2 heterocycles. The number of carbonyl (C=O) groups excluding carboxylic acids is 1. The van der Waals surface area contributed by atoms with Gasteiger partial charge in [0.25, 0.3) is 0 Å². The summed E-state index contributed by atoms with van der Waals surface area (Å²) in [4.78, 5) is 27.4. The van der Waals surface area contributed by atoms with Crippen LogP contribution in [0.5, 0.6) is 0 Å². The lowest BCUT2D eigenvalue weighted by molar-refractivity contribution is -0.132. The lowest BCUT2D eigenvalue weighted by atomic mass is 10.1. The normalized spacial score (nSPS) is 17.3. The number of hydrogen-bond donors (Lipinski definition) is 2. The number of pyridine rings is 1. The van der Waals surface area contributed by atoms with Crippen molar-refractivity contribution in [3.63, 3.8) is 0 Å². The lowest BCUT2D eigenvalue weighted by Crippen LogP contribution is -2.33. The number of ketones is 1. The molecule has 20 heavy (non-hydrogen) atoms. The highest BCUT2D eigenvalue weighted by Crippen LogP contribution is 2.22. The zero-order valence-corrected chi connectivity index (χ0v) is 11.7. The molecule has 1 aromatic heterocycles. The maximum absolute atomic E-state index is 12.3. The molecule has 1 aliphatic heterocycles. The maximum atomic E-state index is 12.3. The molecule has 106 valence electrons. The largest absolute Gasteiger partial charge is 0.477 e. The summed E-state index contributed by atoms with van der Waals surface area (Å²) in [6.07, 6.45) is 1.23. The van der Waals surface area contributed by atoms with E-state index in [2.05, 4.69) is 10.3 Å². The Morgan fingerprint density at radius 3 is 2.70 bits per heavy atom. The number of morpholine rings is 1. The number of rotatable bonds is 3. The average Bonchev–Trinajstić information content (AvgIpc) is 2.39. The minimum atomic E-state index is -1.36. The van der Waals surface area contributed by atoms with Gasteiger partial charge in [-0.05, 0) is 6.07 Å². The van der Waals surface area contributed by atoms with Gasteiger partial charge in [-0.3, -0.25) is 4.79 Å². The highest BCUT2D eigenvalue weighted by Gasteiger charge is 2.27. The second-order valence-corrected chi connectivity index (χ2v) is 4.79. The average molecular weight is 317 g/mol. The van der Waals surface area contributed by atoms with Gasteiger partial charge in [0, 0.05) is 12.7 Å². The number of halogens is 2. The van der Waals surface area contributed by atoms with E-state index in [0.717, 1.165) is 0 Å². The molecule has 8 heteroatoms. The molecule has 1 aromatic rings. The Morgan fingerprint density at radius 1 is 1.40 bits per heavy atom. The number of ether oxygens (including phenoxy) is 1. The molecule has 0 atom stereocenters. The van der Waals surface area contributed by atoms with Gasteiger partial charge in [0.2, 0.25) is 5.78 Å². The Morgan fingerprint density at radius 2 is 2.15 bits per heavy atom. The summed E-state index contributed by atoms with van der Waals surface area (Å²) in [6.45, 7) is 0.907. The topological polar surface area (TPSA) is 88.5 Å². The third-order valence-corrected chi connectivity index (χ3v) is 3.09. The number of Topliss-reactive ketones (excluding diaryl/α,β-unsaturated/α-hetero) is 1. The first-order chi connectivity index (χ1) is 9.50. The number of carboxylic acids is 1. The van der Waals surface area contributed by atoms with E-state index in [1.54, 1.807) is 0 Å². The fourth-order valence-corrected chi connectivity index (χ4v) is 2.19. The van der Waals surface area contributed by atoms with Crippen molar-refractivity contribution in [1.82, 2.24) is 10.3 Å². The van der Waals surface area contributed by atoms with E-state index >= 15 is 0 Å². The van der Waals surface area contributed by atoms with Crippen molar-refractivity contribution in [3.8, 4) is 0 Å². The van der Waals surface area contributed by atoms with Gasteiger partial charge in [0.15, 0.2) is 0 Å². The van der Waals surface area contributed by atoms with E-state index in [4.69, 9.17) is 27.9 Å². The van der Waals surface area contributed by atoms with Crippen LogP contribution in [0.3, 0.4) is 0 Å². The quantitative estimate of drug-likeness (QED) is 0.380. The third-order valence-electron chi connectivity index (χ3n) is 2.60.